The van der Waals surface area contributed by atoms with Crippen molar-refractivity contribution < 1.29 is 9.13 Å². The molecule has 0 amide bonds. The van der Waals surface area contributed by atoms with Crippen LogP contribution in [0.15, 0.2) is 22.7 Å². The first-order chi connectivity index (χ1) is 7.63. The van der Waals surface area contributed by atoms with Gasteiger partial charge in [-0.2, -0.15) is 0 Å². The second-order valence-electron chi connectivity index (χ2n) is 3.77. The number of nitrogens with two attached hydrogens (primary N) is 1. The van der Waals surface area contributed by atoms with Crippen molar-refractivity contribution in [1.82, 2.24) is 0 Å². The Kier molecular flexibility index (Phi) is 5.95. The number of halogens is 2. The molecule has 4 heteroatoms. The van der Waals surface area contributed by atoms with Gasteiger partial charge in [-0.15, -0.1) is 0 Å². The van der Waals surface area contributed by atoms with Crippen molar-refractivity contribution in [2.45, 2.75) is 25.8 Å². The molecule has 0 fully saturated rings. The van der Waals surface area contributed by atoms with E-state index < -0.39 is 0 Å². The predicted molar refractivity (Wildman–Crippen MR) is 66.9 cm³/mol. The third kappa shape index (κ3) is 4.60. The molecule has 1 rings (SSSR count). The van der Waals surface area contributed by atoms with Crippen LogP contribution >= 0.6 is 15.9 Å². The van der Waals surface area contributed by atoms with Crippen LogP contribution in [0.5, 0.6) is 0 Å². The molecule has 0 aliphatic heterocycles. The highest BCUT2D eigenvalue weighted by molar-refractivity contribution is 9.10. The van der Waals surface area contributed by atoms with Crippen LogP contribution in [0, 0.1) is 5.82 Å². The van der Waals surface area contributed by atoms with E-state index in [1.165, 1.54) is 6.07 Å². The van der Waals surface area contributed by atoms with Gasteiger partial charge in [0.05, 0.1) is 6.61 Å². The Labute approximate surface area is 104 Å². The van der Waals surface area contributed by atoms with E-state index in [2.05, 4.69) is 15.9 Å². The van der Waals surface area contributed by atoms with Crippen LogP contribution in [0.3, 0.4) is 0 Å². The van der Waals surface area contributed by atoms with E-state index in [0.717, 1.165) is 10.9 Å². The SMILES string of the molecule is CCCOCC(N)Cc1ccc(Br)cc1F. The molecule has 0 aliphatic carbocycles. The molecule has 1 aromatic carbocycles. The van der Waals surface area contributed by atoms with E-state index in [9.17, 15) is 4.39 Å². The lowest BCUT2D eigenvalue weighted by atomic mass is 10.1. The molecule has 2 N–H and O–H groups in total. The lowest BCUT2D eigenvalue weighted by Crippen LogP contribution is -2.29. The van der Waals surface area contributed by atoms with E-state index in [1.54, 1.807) is 6.07 Å². The topological polar surface area (TPSA) is 35.2 Å². The summed E-state index contributed by atoms with van der Waals surface area (Å²) >= 11 is 3.22. The van der Waals surface area contributed by atoms with Crippen LogP contribution in [0.4, 0.5) is 4.39 Å². The van der Waals surface area contributed by atoms with Crippen LogP contribution in [0.1, 0.15) is 18.9 Å². The van der Waals surface area contributed by atoms with E-state index in [4.69, 9.17) is 10.5 Å². The average molecular weight is 290 g/mol. The first-order valence-electron chi connectivity index (χ1n) is 5.40. The molecule has 0 heterocycles. The summed E-state index contributed by atoms with van der Waals surface area (Å²) in [5, 5.41) is 0. The van der Waals surface area contributed by atoms with Gasteiger partial charge in [0.15, 0.2) is 0 Å². The second-order valence-corrected chi connectivity index (χ2v) is 4.69. The number of hydrogen-bond donors (Lipinski definition) is 1. The predicted octanol–water partition coefficient (Wildman–Crippen LogP) is 2.88. The van der Waals surface area contributed by atoms with Gasteiger partial charge in [0.2, 0.25) is 0 Å². The zero-order valence-electron chi connectivity index (χ0n) is 9.38. The molecule has 0 saturated heterocycles. The van der Waals surface area contributed by atoms with Gasteiger partial charge in [0.1, 0.15) is 5.82 Å². The molecule has 0 aromatic heterocycles. The molecule has 0 saturated carbocycles. The Morgan fingerprint density at radius 2 is 2.25 bits per heavy atom. The van der Waals surface area contributed by atoms with Crippen molar-refractivity contribution >= 4 is 15.9 Å². The fourth-order valence-corrected chi connectivity index (χ4v) is 1.74. The van der Waals surface area contributed by atoms with Crippen molar-refractivity contribution in [3.8, 4) is 0 Å². The summed E-state index contributed by atoms with van der Waals surface area (Å²) in [6.45, 7) is 3.22. The van der Waals surface area contributed by atoms with Gasteiger partial charge in [-0.3, -0.25) is 0 Å². The Hall–Kier alpha value is -0.450. The molecular weight excluding hydrogens is 273 g/mol. The van der Waals surface area contributed by atoms with Crippen molar-refractivity contribution in [3.63, 3.8) is 0 Å². The monoisotopic (exact) mass is 289 g/mol. The molecule has 2 nitrogen and oxygen atoms in total. The van der Waals surface area contributed by atoms with Crippen molar-refractivity contribution in [3.05, 3.63) is 34.1 Å². The van der Waals surface area contributed by atoms with Gasteiger partial charge in [-0.1, -0.05) is 28.9 Å². The Morgan fingerprint density at radius 1 is 1.50 bits per heavy atom. The van der Waals surface area contributed by atoms with Crippen LogP contribution in [-0.4, -0.2) is 19.3 Å². The van der Waals surface area contributed by atoms with E-state index in [0.29, 0.717) is 25.2 Å². The van der Waals surface area contributed by atoms with Gasteiger partial charge in [-0.25, -0.2) is 4.39 Å². The van der Waals surface area contributed by atoms with Gasteiger partial charge in [-0.05, 0) is 30.5 Å². The Bertz CT molecular complexity index is 333. The smallest absolute Gasteiger partial charge is 0.127 e. The van der Waals surface area contributed by atoms with Crippen molar-refractivity contribution in [1.29, 1.82) is 0 Å². The molecule has 1 atom stereocenters. The molecule has 1 aromatic rings. The summed E-state index contributed by atoms with van der Waals surface area (Å²) in [5.74, 6) is -0.222. The highest BCUT2D eigenvalue weighted by Crippen LogP contribution is 2.16. The largest absolute Gasteiger partial charge is 0.380 e. The normalized spacial score (nSPS) is 12.8. The zero-order valence-corrected chi connectivity index (χ0v) is 11.0. The van der Waals surface area contributed by atoms with Crippen LogP contribution in [0.2, 0.25) is 0 Å². The fraction of sp³-hybridized carbons (Fsp3) is 0.500. The van der Waals surface area contributed by atoms with Crippen molar-refractivity contribution in [2.75, 3.05) is 13.2 Å². The summed E-state index contributed by atoms with van der Waals surface area (Å²) in [4.78, 5) is 0. The minimum atomic E-state index is -0.222. The Balaban J connectivity index is 2.46. The summed E-state index contributed by atoms with van der Waals surface area (Å²) in [7, 11) is 0. The van der Waals surface area contributed by atoms with Crippen LogP contribution in [-0.2, 0) is 11.2 Å². The van der Waals surface area contributed by atoms with E-state index in [1.807, 2.05) is 13.0 Å². The summed E-state index contributed by atoms with van der Waals surface area (Å²) in [5.41, 5.74) is 6.49. The number of benzene rings is 1. The van der Waals surface area contributed by atoms with Gasteiger partial charge in [0.25, 0.3) is 0 Å². The van der Waals surface area contributed by atoms with Gasteiger partial charge in [0, 0.05) is 17.1 Å². The first kappa shape index (κ1) is 13.6. The second kappa shape index (κ2) is 6.99. The van der Waals surface area contributed by atoms with E-state index in [-0.39, 0.29) is 11.9 Å². The molecule has 0 spiro atoms. The van der Waals surface area contributed by atoms with Gasteiger partial charge < -0.3 is 10.5 Å². The van der Waals surface area contributed by atoms with Crippen molar-refractivity contribution in [2.24, 2.45) is 5.73 Å². The fourth-order valence-electron chi connectivity index (χ4n) is 1.41. The lowest BCUT2D eigenvalue weighted by molar-refractivity contribution is 0.121. The molecule has 1 unspecified atom stereocenters. The molecule has 0 aliphatic rings. The third-order valence-electron chi connectivity index (χ3n) is 2.18. The number of rotatable bonds is 6. The highest BCUT2D eigenvalue weighted by atomic mass is 79.9. The minimum Gasteiger partial charge on any atom is -0.380 e. The first-order valence-corrected chi connectivity index (χ1v) is 6.20. The Morgan fingerprint density at radius 3 is 2.88 bits per heavy atom. The highest BCUT2D eigenvalue weighted by Gasteiger charge is 2.08. The molecule has 90 valence electrons. The van der Waals surface area contributed by atoms with Crippen LogP contribution < -0.4 is 5.73 Å². The summed E-state index contributed by atoms with van der Waals surface area (Å²) in [6.07, 6.45) is 1.47. The quantitative estimate of drug-likeness (QED) is 0.818. The molecular formula is C12H17BrFNO. The zero-order chi connectivity index (χ0) is 12.0. The van der Waals surface area contributed by atoms with E-state index >= 15 is 0 Å². The molecule has 16 heavy (non-hydrogen) atoms. The molecule has 0 bridgehead atoms. The third-order valence-corrected chi connectivity index (χ3v) is 2.67. The number of ether oxygens (including phenoxy) is 1. The average Bonchev–Trinajstić information content (AvgIpc) is 2.23. The maximum absolute atomic E-state index is 13.5. The number of hydrogen-bond acceptors (Lipinski definition) is 2. The maximum Gasteiger partial charge on any atom is 0.127 e. The standard InChI is InChI=1S/C12H17BrFNO/c1-2-5-16-8-11(15)6-9-3-4-10(13)7-12(9)14/h3-4,7,11H,2,5-6,8,15H2,1H3. The summed E-state index contributed by atoms with van der Waals surface area (Å²) < 4.78 is 19.5. The minimum absolute atomic E-state index is 0.151. The lowest BCUT2D eigenvalue weighted by Gasteiger charge is -2.12. The maximum atomic E-state index is 13.5. The summed E-state index contributed by atoms with van der Waals surface area (Å²) in [6, 6.07) is 4.87. The van der Waals surface area contributed by atoms with Crippen LogP contribution in [0.25, 0.3) is 0 Å². The van der Waals surface area contributed by atoms with Gasteiger partial charge >= 0.3 is 0 Å². The molecule has 0 radical (unpaired) electrons.